The van der Waals surface area contributed by atoms with Crippen LogP contribution in [0.1, 0.15) is 62.0 Å². The largest absolute Gasteiger partial charge is 0.476 e. The van der Waals surface area contributed by atoms with Gasteiger partial charge in [0.1, 0.15) is 11.4 Å². The van der Waals surface area contributed by atoms with Crippen molar-refractivity contribution in [3.05, 3.63) is 95.6 Å². The molecule has 0 radical (unpaired) electrons. The summed E-state index contributed by atoms with van der Waals surface area (Å²) in [6, 6.07) is 26.1. The molecular weight excluding hydrogens is 506 g/mol. The van der Waals surface area contributed by atoms with Gasteiger partial charge >= 0.3 is 5.97 Å². The molecule has 0 N–H and O–H groups in total. The maximum absolute atomic E-state index is 13.8. The minimum Gasteiger partial charge on any atom is -0.476 e. The van der Waals surface area contributed by atoms with Crippen LogP contribution in [0.3, 0.4) is 0 Å². The maximum atomic E-state index is 13.8. The number of likely N-dealkylation sites (tertiary alicyclic amines) is 1. The fourth-order valence-electron chi connectivity index (χ4n) is 4.97. The fraction of sp³-hybridized carbons (Fsp3) is 0.394. The van der Waals surface area contributed by atoms with Gasteiger partial charge in [0, 0.05) is 41.9 Å². The molecule has 3 aromatic rings. The third-order valence-electron chi connectivity index (χ3n) is 6.91. The number of esters is 1. The summed E-state index contributed by atoms with van der Waals surface area (Å²) >= 11 is 1.66. The van der Waals surface area contributed by atoms with Gasteiger partial charge in [0.05, 0.1) is 0 Å². The zero-order valence-corrected chi connectivity index (χ0v) is 24.6. The van der Waals surface area contributed by atoms with Gasteiger partial charge in [0.25, 0.3) is 0 Å². The quantitative estimate of drug-likeness (QED) is 0.164. The van der Waals surface area contributed by atoms with Gasteiger partial charge in [-0.05, 0) is 76.3 Å². The first kappa shape index (κ1) is 28.9. The van der Waals surface area contributed by atoms with E-state index in [0.29, 0.717) is 12.3 Å². The first-order chi connectivity index (χ1) is 18.4. The summed E-state index contributed by atoms with van der Waals surface area (Å²) in [5.74, 6) is 0.124. The van der Waals surface area contributed by atoms with Crippen molar-refractivity contribution in [1.29, 1.82) is 0 Å². The van der Waals surface area contributed by atoms with E-state index < -0.39 is 17.2 Å². The number of rotatable bonds is 9. The maximum Gasteiger partial charge on any atom is 0.350 e. The second-order valence-corrected chi connectivity index (χ2v) is 12.6. The van der Waals surface area contributed by atoms with E-state index in [0.717, 1.165) is 29.1 Å². The second-order valence-electron chi connectivity index (χ2n) is 11.7. The number of benzene rings is 3. The third-order valence-corrected chi connectivity index (χ3v) is 7.65. The Morgan fingerprint density at radius 1 is 0.897 bits per heavy atom. The summed E-state index contributed by atoms with van der Waals surface area (Å²) in [7, 11) is 0. The molecule has 206 valence electrons. The summed E-state index contributed by atoms with van der Waals surface area (Å²) in [4.78, 5) is 30.1. The number of hydrogen-bond donors (Lipinski definition) is 0. The number of hydrogen-bond acceptors (Lipinski definition) is 6. The third kappa shape index (κ3) is 7.52. The first-order valence-electron chi connectivity index (χ1n) is 13.4. The van der Waals surface area contributed by atoms with E-state index in [9.17, 15) is 9.59 Å². The van der Waals surface area contributed by atoms with Crippen LogP contribution in [0.4, 0.5) is 0 Å². The Labute approximate surface area is 236 Å². The Kier molecular flexibility index (Phi) is 8.87. The lowest BCUT2D eigenvalue weighted by Gasteiger charge is -2.29. The van der Waals surface area contributed by atoms with Crippen LogP contribution in [0, 0.1) is 5.92 Å². The van der Waals surface area contributed by atoms with Crippen molar-refractivity contribution < 1.29 is 19.1 Å². The highest BCUT2D eigenvalue weighted by atomic mass is 32.2. The highest BCUT2D eigenvalue weighted by molar-refractivity contribution is 7.98. The number of carbonyl (C=O) groups excluding carboxylic acids is 2. The molecule has 5 nitrogen and oxygen atoms in total. The van der Waals surface area contributed by atoms with Crippen LogP contribution < -0.4 is 4.74 Å². The highest BCUT2D eigenvalue weighted by Gasteiger charge is 2.39. The Hall–Kier alpha value is -3.09. The second kappa shape index (κ2) is 12.0. The van der Waals surface area contributed by atoms with E-state index in [1.54, 1.807) is 25.6 Å². The zero-order valence-electron chi connectivity index (χ0n) is 23.8. The molecule has 2 atom stereocenters. The molecular formula is C33H39NO4S. The van der Waals surface area contributed by atoms with Gasteiger partial charge in [-0.2, -0.15) is 0 Å². The lowest BCUT2D eigenvalue weighted by atomic mass is 9.84. The highest BCUT2D eigenvalue weighted by Crippen LogP contribution is 2.37. The molecule has 4 rings (SSSR count). The van der Waals surface area contributed by atoms with Crippen LogP contribution in [0.5, 0.6) is 5.75 Å². The molecule has 0 unspecified atom stereocenters. The van der Waals surface area contributed by atoms with Crippen molar-refractivity contribution in [2.75, 3.05) is 19.3 Å². The Bertz CT molecular complexity index is 1280. The van der Waals surface area contributed by atoms with Gasteiger partial charge in [0.15, 0.2) is 11.4 Å². The molecule has 39 heavy (non-hydrogen) atoms. The van der Waals surface area contributed by atoms with Gasteiger partial charge in [-0.25, -0.2) is 4.79 Å². The van der Waals surface area contributed by atoms with Crippen LogP contribution >= 0.6 is 11.8 Å². The predicted octanol–water partition coefficient (Wildman–Crippen LogP) is 7.01. The molecule has 1 aliphatic heterocycles. The first-order valence-corrected chi connectivity index (χ1v) is 14.6. The Morgan fingerprint density at radius 2 is 1.59 bits per heavy atom. The molecule has 0 spiro atoms. The zero-order chi connectivity index (χ0) is 28.2. The number of thioether (sulfide) groups is 1. The summed E-state index contributed by atoms with van der Waals surface area (Å²) in [6.45, 7) is 11.2. The molecule has 1 aliphatic rings. The smallest absolute Gasteiger partial charge is 0.350 e. The number of ether oxygens (including phenoxy) is 2. The van der Waals surface area contributed by atoms with E-state index in [1.165, 1.54) is 5.56 Å². The number of Topliss-reactive ketones (excluding diaryl/α,β-unsaturated/α-hetero) is 1. The molecule has 0 aromatic heterocycles. The predicted molar refractivity (Wildman–Crippen MR) is 157 cm³/mol. The number of nitrogens with zero attached hydrogens (tertiary/aromatic N) is 1. The number of ketones is 1. The van der Waals surface area contributed by atoms with Crippen molar-refractivity contribution in [2.24, 2.45) is 5.92 Å². The normalized spacial score (nSPS) is 18.1. The topological polar surface area (TPSA) is 55.8 Å². The average molecular weight is 546 g/mol. The van der Waals surface area contributed by atoms with Crippen LogP contribution in [-0.4, -0.2) is 47.2 Å². The van der Waals surface area contributed by atoms with Crippen molar-refractivity contribution in [3.8, 4) is 5.75 Å². The van der Waals surface area contributed by atoms with Crippen LogP contribution in [0.15, 0.2) is 83.8 Å². The molecule has 0 amide bonds. The molecule has 0 aliphatic carbocycles. The van der Waals surface area contributed by atoms with Gasteiger partial charge in [-0.1, -0.05) is 54.6 Å². The molecule has 3 aromatic carbocycles. The molecule has 0 bridgehead atoms. The van der Waals surface area contributed by atoms with E-state index in [1.807, 2.05) is 87.7 Å². The van der Waals surface area contributed by atoms with Crippen molar-refractivity contribution in [2.45, 2.75) is 63.2 Å². The Balaban J connectivity index is 1.60. The minimum atomic E-state index is -1.16. The summed E-state index contributed by atoms with van der Waals surface area (Å²) < 4.78 is 11.7. The molecule has 1 saturated heterocycles. The standard InChI is InChI=1S/C33H39NO4S/c1-32(2,3)38-31(36)33(4,5)37-26-14-10-13-25(19-26)28-21-34(20-23-11-8-7-9-12-23)22-29(28)30(35)24-15-17-27(39-6)18-16-24/h7-19,28-29H,20-22H2,1-6H3/t28-,29+/m1/s1. The van der Waals surface area contributed by atoms with Crippen molar-refractivity contribution in [1.82, 2.24) is 4.90 Å². The van der Waals surface area contributed by atoms with E-state index >= 15 is 0 Å². The van der Waals surface area contributed by atoms with E-state index in [-0.39, 0.29) is 17.6 Å². The van der Waals surface area contributed by atoms with E-state index in [4.69, 9.17) is 9.47 Å². The van der Waals surface area contributed by atoms with Gasteiger partial charge in [-0.3, -0.25) is 9.69 Å². The fourth-order valence-corrected chi connectivity index (χ4v) is 5.38. The van der Waals surface area contributed by atoms with E-state index in [2.05, 4.69) is 23.1 Å². The van der Waals surface area contributed by atoms with Gasteiger partial charge in [0.2, 0.25) is 0 Å². The van der Waals surface area contributed by atoms with Crippen molar-refractivity contribution in [3.63, 3.8) is 0 Å². The van der Waals surface area contributed by atoms with Crippen LogP contribution in [0.2, 0.25) is 0 Å². The molecule has 1 heterocycles. The molecule has 6 heteroatoms. The van der Waals surface area contributed by atoms with Crippen LogP contribution in [0.25, 0.3) is 0 Å². The van der Waals surface area contributed by atoms with Crippen molar-refractivity contribution >= 4 is 23.5 Å². The van der Waals surface area contributed by atoms with Gasteiger partial charge < -0.3 is 9.47 Å². The SMILES string of the molecule is CSc1ccc(C(=O)[C@H]2CN(Cc3ccccc3)C[C@@H]2c2cccc(OC(C)(C)C(=O)OC(C)(C)C)c2)cc1. The average Bonchev–Trinajstić information content (AvgIpc) is 3.31. The summed E-state index contributed by atoms with van der Waals surface area (Å²) in [6.07, 6.45) is 2.03. The lowest BCUT2D eigenvalue weighted by molar-refractivity contribution is -0.170. The summed E-state index contributed by atoms with van der Waals surface area (Å²) in [5, 5.41) is 0. The van der Waals surface area contributed by atoms with Crippen LogP contribution in [-0.2, 0) is 16.1 Å². The molecule has 0 saturated carbocycles. The minimum absolute atomic E-state index is 0.00497. The molecule has 1 fully saturated rings. The van der Waals surface area contributed by atoms with Gasteiger partial charge in [-0.15, -0.1) is 11.8 Å². The summed E-state index contributed by atoms with van der Waals surface area (Å²) in [5.41, 5.74) is 1.23. The Morgan fingerprint density at radius 3 is 2.23 bits per heavy atom. The number of carbonyl (C=O) groups is 2. The monoisotopic (exact) mass is 545 g/mol. The lowest BCUT2D eigenvalue weighted by Crippen LogP contribution is -2.43.